The summed E-state index contributed by atoms with van der Waals surface area (Å²) in [6, 6.07) is 14.9. The summed E-state index contributed by atoms with van der Waals surface area (Å²) < 4.78 is 38.0. The van der Waals surface area contributed by atoms with Gasteiger partial charge >= 0.3 is 10.3 Å². The molecule has 3 rings (SSSR count). The van der Waals surface area contributed by atoms with Crippen LogP contribution in [0.3, 0.4) is 0 Å². The number of aromatic nitrogens is 1. The van der Waals surface area contributed by atoms with Gasteiger partial charge in [0, 0.05) is 11.8 Å². The van der Waals surface area contributed by atoms with Gasteiger partial charge in [-0.25, -0.2) is 4.98 Å². The molecule has 1 unspecified atom stereocenters. The van der Waals surface area contributed by atoms with E-state index in [0.29, 0.717) is 19.3 Å². The molecule has 8 nitrogen and oxygen atoms in total. The molecule has 1 heterocycles. The van der Waals surface area contributed by atoms with E-state index in [1.54, 1.807) is 13.2 Å². The van der Waals surface area contributed by atoms with Gasteiger partial charge in [0.05, 0.1) is 24.5 Å². The van der Waals surface area contributed by atoms with Gasteiger partial charge in [0.1, 0.15) is 10.8 Å². The van der Waals surface area contributed by atoms with Crippen LogP contribution in [0, 0.1) is 6.07 Å². The predicted molar refractivity (Wildman–Crippen MR) is 128 cm³/mol. The molecule has 0 saturated heterocycles. The van der Waals surface area contributed by atoms with Crippen LogP contribution in [0.1, 0.15) is 41.2 Å². The monoisotopic (exact) mass is 488 g/mol. The van der Waals surface area contributed by atoms with Gasteiger partial charge in [-0.1, -0.05) is 25.1 Å². The van der Waals surface area contributed by atoms with Crippen molar-refractivity contribution in [3.63, 3.8) is 0 Å². The maximum absolute atomic E-state index is 12.7. The van der Waals surface area contributed by atoms with Crippen LogP contribution in [0.4, 0.5) is 5.69 Å². The Morgan fingerprint density at radius 2 is 2.00 bits per heavy atom. The quantitative estimate of drug-likeness (QED) is 0.354. The van der Waals surface area contributed by atoms with Crippen LogP contribution < -0.4 is 14.8 Å². The molecule has 0 aliphatic heterocycles. The number of carbonyl (C=O) groups excluding carboxylic acids is 1. The second kappa shape index (κ2) is 11.3. The van der Waals surface area contributed by atoms with Crippen molar-refractivity contribution in [1.29, 1.82) is 0 Å². The van der Waals surface area contributed by atoms with Crippen LogP contribution in [0.5, 0.6) is 5.75 Å². The zero-order valence-corrected chi connectivity index (χ0v) is 20.0. The molecule has 33 heavy (non-hydrogen) atoms. The molecule has 0 fully saturated rings. The van der Waals surface area contributed by atoms with Crippen LogP contribution in [0.25, 0.3) is 0 Å². The normalized spacial score (nSPS) is 12.2. The molecule has 0 aliphatic carbocycles. The molecule has 1 radical (unpaired) electrons. The van der Waals surface area contributed by atoms with Gasteiger partial charge in [-0.15, -0.1) is 11.3 Å². The lowest BCUT2D eigenvalue weighted by Gasteiger charge is -2.17. The summed E-state index contributed by atoms with van der Waals surface area (Å²) in [6.07, 6.45) is 2.17. The maximum atomic E-state index is 12.7. The summed E-state index contributed by atoms with van der Waals surface area (Å²) in [5.41, 5.74) is 2.97. The first-order valence-electron chi connectivity index (χ1n) is 10.4. The number of rotatable bonds is 11. The Labute approximate surface area is 197 Å². The Morgan fingerprint density at radius 3 is 2.58 bits per heavy atom. The number of hydrogen-bond donors (Lipinski definition) is 3. The van der Waals surface area contributed by atoms with E-state index < -0.39 is 10.3 Å². The van der Waals surface area contributed by atoms with E-state index in [-0.39, 0.29) is 17.6 Å². The highest BCUT2D eigenvalue weighted by molar-refractivity contribution is 7.87. The Bertz CT molecular complexity index is 1160. The third-order valence-electron chi connectivity index (χ3n) is 4.91. The summed E-state index contributed by atoms with van der Waals surface area (Å²) >= 11 is 1.49. The maximum Gasteiger partial charge on any atom is 0.357 e. The smallest absolute Gasteiger partial charge is 0.357 e. The molecule has 3 aromatic rings. The number of thiazole rings is 1. The second-order valence-corrected chi connectivity index (χ2v) is 9.43. The van der Waals surface area contributed by atoms with E-state index in [4.69, 9.17) is 9.29 Å². The van der Waals surface area contributed by atoms with Crippen LogP contribution in [-0.2, 0) is 34.4 Å². The van der Waals surface area contributed by atoms with Gasteiger partial charge in [0.25, 0.3) is 0 Å². The molecule has 2 aromatic carbocycles. The lowest BCUT2D eigenvalue weighted by molar-refractivity contribution is -0.121. The van der Waals surface area contributed by atoms with Crippen LogP contribution in [0.2, 0.25) is 0 Å². The molecule has 0 saturated carbocycles. The summed E-state index contributed by atoms with van der Waals surface area (Å²) in [5.74, 6) is 0.682. The Morgan fingerprint density at radius 1 is 1.24 bits per heavy atom. The molecule has 1 atom stereocenters. The first-order chi connectivity index (χ1) is 15.8. The highest BCUT2D eigenvalue weighted by Gasteiger charge is 2.19. The third-order valence-corrected chi connectivity index (χ3v) is 6.41. The van der Waals surface area contributed by atoms with Crippen molar-refractivity contribution >= 4 is 33.2 Å². The molecule has 0 aliphatic rings. The summed E-state index contributed by atoms with van der Waals surface area (Å²) in [4.78, 5) is 17.4. The Kier molecular flexibility index (Phi) is 8.43. The average Bonchev–Trinajstić information content (AvgIpc) is 3.27. The Hall–Kier alpha value is -2.95. The predicted octanol–water partition coefficient (Wildman–Crippen LogP) is 3.76. The van der Waals surface area contributed by atoms with E-state index in [0.717, 1.165) is 34.0 Å². The van der Waals surface area contributed by atoms with Gasteiger partial charge in [-0.2, -0.15) is 8.42 Å². The third kappa shape index (κ3) is 7.85. The minimum Gasteiger partial charge on any atom is -0.497 e. The Balaban J connectivity index is 1.68. The number of methoxy groups -OCH3 is 1. The van der Waals surface area contributed by atoms with Crippen molar-refractivity contribution in [3.05, 3.63) is 75.7 Å². The zero-order valence-electron chi connectivity index (χ0n) is 18.4. The SMILES string of the molecule is CCc1csc(C(Cc2[c]cc(NS(=O)(=O)O)cc2)NC(=O)CCc2ccc(OC)cc2)n1. The number of aryl methyl sites for hydroxylation is 2. The van der Waals surface area contributed by atoms with E-state index in [1.165, 1.54) is 23.5 Å². The van der Waals surface area contributed by atoms with E-state index in [1.807, 2.05) is 41.3 Å². The number of amides is 1. The first kappa shape index (κ1) is 24.7. The molecule has 3 N–H and O–H groups in total. The highest BCUT2D eigenvalue weighted by atomic mass is 32.2. The van der Waals surface area contributed by atoms with Gasteiger partial charge in [0.15, 0.2) is 0 Å². The standard InChI is InChI=1S/C23H26N3O5S2/c1-3-18-15-32-23(24-18)21(14-17-4-9-19(10-5-17)26-33(28,29)30)25-22(27)13-8-16-6-11-20(31-2)12-7-16/h4,6-7,9-12,15,21,26H,3,8,13-14H2,1-2H3,(H,25,27)(H,28,29,30). The van der Waals surface area contributed by atoms with E-state index >= 15 is 0 Å². The van der Waals surface area contributed by atoms with E-state index in [2.05, 4.69) is 16.4 Å². The van der Waals surface area contributed by atoms with Crippen LogP contribution in [0.15, 0.2) is 47.8 Å². The molecule has 10 heteroatoms. The lowest BCUT2D eigenvalue weighted by atomic mass is 10.0. The van der Waals surface area contributed by atoms with Crippen molar-refractivity contribution < 1.29 is 22.5 Å². The van der Waals surface area contributed by atoms with Gasteiger partial charge in [-0.05, 0) is 60.7 Å². The summed E-state index contributed by atoms with van der Waals surface area (Å²) in [6.45, 7) is 2.02. The molecular weight excluding hydrogens is 462 g/mol. The van der Waals surface area contributed by atoms with Crippen LogP contribution in [-0.4, -0.2) is 31.0 Å². The molecule has 175 valence electrons. The minimum absolute atomic E-state index is 0.0891. The fourth-order valence-electron chi connectivity index (χ4n) is 3.18. The first-order valence-corrected chi connectivity index (χ1v) is 12.7. The highest BCUT2D eigenvalue weighted by Crippen LogP contribution is 2.24. The molecular formula is C23H26N3O5S2. The second-order valence-electron chi connectivity index (χ2n) is 7.38. The number of ether oxygens (including phenoxy) is 1. The largest absolute Gasteiger partial charge is 0.497 e. The minimum atomic E-state index is -4.35. The fourth-order valence-corrected chi connectivity index (χ4v) is 4.56. The molecule has 0 bridgehead atoms. The number of hydrogen-bond acceptors (Lipinski definition) is 6. The van der Waals surface area contributed by atoms with Gasteiger partial charge < -0.3 is 10.1 Å². The molecule has 1 amide bonds. The summed E-state index contributed by atoms with van der Waals surface area (Å²) in [7, 11) is -2.74. The van der Waals surface area contributed by atoms with Gasteiger partial charge in [0.2, 0.25) is 5.91 Å². The van der Waals surface area contributed by atoms with E-state index in [9.17, 15) is 13.2 Å². The van der Waals surface area contributed by atoms with Crippen molar-refractivity contribution in [2.75, 3.05) is 11.8 Å². The van der Waals surface area contributed by atoms with Crippen molar-refractivity contribution in [2.24, 2.45) is 0 Å². The van der Waals surface area contributed by atoms with Crippen molar-refractivity contribution in [1.82, 2.24) is 10.3 Å². The summed E-state index contributed by atoms with van der Waals surface area (Å²) in [5, 5.41) is 5.86. The van der Waals surface area contributed by atoms with Crippen LogP contribution >= 0.6 is 11.3 Å². The molecule has 1 aromatic heterocycles. The fraction of sp³-hybridized carbons (Fsp3) is 0.304. The van der Waals surface area contributed by atoms with Crippen molar-refractivity contribution in [2.45, 2.75) is 38.6 Å². The average molecular weight is 489 g/mol. The number of anilines is 1. The lowest BCUT2D eigenvalue weighted by Crippen LogP contribution is -2.30. The topological polar surface area (TPSA) is 118 Å². The number of nitrogens with one attached hydrogen (secondary N) is 2. The number of carbonyl (C=O) groups is 1. The molecule has 0 spiro atoms. The zero-order chi connectivity index (χ0) is 23.8. The number of nitrogens with zero attached hydrogens (tertiary/aromatic N) is 1. The van der Waals surface area contributed by atoms with Gasteiger partial charge in [-0.3, -0.25) is 14.1 Å². The van der Waals surface area contributed by atoms with Crippen molar-refractivity contribution in [3.8, 4) is 5.75 Å². The number of benzene rings is 2.